The first-order valence-corrected chi connectivity index (χ1v) is 5.73. The first-order chi connectivity index (χ1) is 7.72. The number of aromatic amines is 1. The van der Waals surface area contributed by atoms with Crippen LogP contribution in [0.4, 0.5) is 0 Å². The minimum absolute atomic E-state index is 0.296. The number of aromatic nitrogens is 3. The molecule has 0 fully saturated rings. The van der Waals surface area contributed by atoms with Gasteiger partial charge in [-0.15, -0.1) is 11.3 Å². The number of ether oxygens (including phenoxy) is 1. The van der Waals surface area contributed by atoms with E-state index in [1.807, 2.05) is 6.92 Å². The van der Waals surface area contributed by atoms with E-state index in [0.29, 0.717) is 12.3 Å². The SMILES string of the molecule is CCOC(=O)c1cc(-c2scnc2C)[nH]n1. The van der Waals surface area contributed by atoms with Crippen LogP contribution in [0.1, 0.15) is 23.1 Å². The smallest absolute Gasteiger partial charge is 0.358 e. The number of nitrogens with one attached hydrogen (secondary N) is 1. The maximum Gasteiger partial charge on any atom is 0.358 e. The molecule has 2 aromatic rings. The van der Waals surface area contributed by atoms with E-state index >= 15 is 0 Å². The van der Waals surface area contributed by atoms with Crippen LogP contribution in [-0.4, -0.2) is 27.8 Å². The summed E-state index contributed by atoms with van der Waals surface area (Å²) in [5.74, 6) is -0.410. The fourth-order valence-corrected chi connectivity index (χ4v) is 2.08. The molecule has 0 unspecified atom stereocenters. The van der Waals surface area contributed by atoms with Gasteiger partial charge < -0.3 is 4.74 Å². The Morgan fingerprint density at radius 3 is 3.06 bits per heavy atom. The molecule has 0 spiro atoms. The summed E-state index contributed by atoms with van der Waals surface area (Å²) in [7, 11) is 0. The number of hydrogen-bond donors (Lipinski definition) is 1. The highest BCUT2D eigenvalue weighted by Crippen LogP contribution is 2.25. The molecule has 0 saturated carbocycles. The highest BCUT2D eigenvalue weighted by molar-refractivity contribution is 7.13. The predicted molar refractivity (Wildman–Crippen MR) is 60.4 cm³/mol. The van der Waals surface area contributed by atoms with Crippen LogP contribution >= 0.6 is 11.3 Å². The molecule has 0 aliphatic heterocycles. The van der Waals surface area contributed by atoms with Crippen molar-refractivity contribution in [3.8, 4) is 10.6 Å². The van der Waals surface area contributed by atoms with Gasteiger partial charge >= 0.3 is 5.97 Å². The molecular weight excluding hydrogens is 226 g/mol. The van der Waals surface area contributed by atoms with E-state index in [-0.39, 0.29) is 0 Å². The van der Waals surface area contributed by atoms with Crippen LogP contribution in [0.15, 0.2) is 11.6 Å². The van der Waals surface area contributed by atoms with Crippen LogP contribution in [0.25, 0.3) is 10.6 Å². The molecule has 84 valence electrons. The van der Waals surface area contributed by atoms with Crippen molar-refractivity contribution < 1.29 is 9.53 Å². The van der Waals surface area contributed by atoms with Crippen molar-refractivity contribution in [1.29, 1.82) is 0 Å². The number of thiazole rings is 1. The van der Waals surface area contributed by atoms with Gasteiger partial charge in [-0.25, -0.2) is 9.78 Å². The third-order valence-electron chi connectivity index (χ3n) is 2.05. The Hall–Kier alpha value is -1.69. The standard InChI is InChI=1S/C10H11N3O2S/c1-3-15-10(14)8-4-7(12-13-8)9-6(2)11-5-16-9/h4-5H,3H2,1-2H3,(H,12,13). The summed E-state index contributed by atoms with van der Waals surface area (Å²) < 4.78 is 4.86. The number of H-pyrrole nitrogens is 1. The zero-order valence-corrected chi connectivity index (χ0v) is 9.80. The zero-order chi connectivity index (χ0) is 11.5. The fourth-order valence-electron chi connectivity index (χ4n) is 1.31. The number of rotatable bonds is 3. The lowest BCUT2D eigenvalue weighted by atomic mass is 10.3. The van der Waals surface area contributed by atoms with Gasteiger partial charge in [0.15, 0.2) is 5.69 Å². The molecule has 0 aliphatic rings. The summed E-state index contributed by atoms with van der Waals surface area (Å²) in [6, 6.07) is 1.68. The largest absolute Gasteiger partial charge is 0.461 e. The zero-order valence-electron chi connectivity index (χ0n) is 8.98. The van der Waals surface area contributed by atoms with E-state index in [1.54, 1.807) is 18.5 Å². The van der Waals surface area contributed by atoms with Crippen molar-refractivity contribution in [3.05, 3.63) is 23.0 Å². The van der Waals surface area contributed by atoms with Crippen LogP contribution in [0, 0.1) is 6.92 Å². The van der Waals surface area contributed by atoms with Crippen molar-refractivity contribution in [1.82, 2.24) is 15.2 Å². The predicted octanol–water partition coefficient (Wildman–Crippen LogP) is 2.02. The Morgan fingerprint density at radius 2 is 2.44 bits per heavy atom. The van der Waals surface area contributed by atoms with Crippen LogP contribution in [0.2, 0.25) is 0 Å². The second kappa shape index (κ2) is 4.44. The van der Waals surface area contributed by atoms with Gasteiger partial charge in [-0.1, -0.05) is 0 Å². The molecule has 0 aromatic carbocycles. The van der Waals surface area contributed by atoms with E-state index in [4.69, 9.17) is 4.74 Å². The quantitative estimate of drug-likeness (QED) is 0.829. The Labute approximate surface area is 96.5 Å². The first-order valence-electron chi connectivity index (χ1n) is 4.85. The third-order valence-corrected chi connectivity index (χ3v) is 3.01. The van der Waals surface area contributed by atoms with Crippen molar-refractivity contribution in [3.63, 3.8) is 0 Å². The number of aryl methyl sites for hydroxylation is 1. The topological polar surface area (TPSA) is 67.9 Å². The molecule has 5 nitrogen and oxygen atoms in total. The van der Waals surface area contributed by atoms with E-state index in [1.165, 1.54) is 11.3 Å². The summed E-state index contributed by atoms with van der Waals surface area (Å²) >= 11 is 1.51. The lowest BCUT2D eigenvalue weighted by Crippen LogP contribution is -2.04. The lowest BCUT2D eigenvalue weighted by Gasteiger charge is -1.95. The van der Waals surface area contributed by atoms with Gasteiger partial charge in [0, 0.05) is 0 Å². The monoisotopic (exact) mass is 237 g/mol. The summed E-state index contributed by atoms with van der Waals surface area (Å²) in [4.78, 5) is 16.5. The van der Waals surface area contributed by atoms with Crippen LogP contribution in [-0.2, 0) is 4.74 Å². The number of esters is 1. The molecule has 0 amide bonds. The lowest BCUT2D eigenvalue weighted by molar-refractivity contribution is 0.0519. The second-order valence-electron chi connectivity index (χ2n) is 3.15. The van der Waals surface area contributed by atoms with Crippen molar-refractivity contribution in [2.45, 2.75) is 13.8 Å². The van der Waals surface area contributed by atoms with Gasteiger partial charge in [0.1, 0.15) is 0 Å². The number of carbonyl (C=O) groups excluding carboxylic acids is 1. The second-order valence-corrected chi connectivity index (χ2v) is 4.01. The summed E-state index contributed by atoms with van der Waals surface area (Å²) in [6.07, 6.45) is 0. The molecule has 2 rings (SSSR count). The number of nitrogens with zero attached hydrogens (tertiary/aromatic N) is 2. The van der Waals surface area contributed by atoms with Crippen LogP contribution in [0.3, 0.4) is 0 Å². The Morgan fingerprint density at radius 1 is 1.62 bits per heavy atom. The average molecular weight is 237 g/mol. The highest BCUT2D eigenvalue weighted by atomic mass is 32.1. The van der Waals surface area contributed by atoms with Gasteiger partial charge in [-0.05, 0) is 19.9 Å². The molecule has 0 atom stereocenters. The summed E-state index contributed by atoms with van der Waals surface area (Å²) in [5, 5.41) is 6.72. The number of hydrogen-bond acceptors (Lipinski definition) is 5. The third kappa shape index (κ3) is 1.96. The molecule has 2 heterocycles. The highest BCUT2D eigenvalue weighted by Gasteiger charge is 2.14. The molecule has 0 bridgehead atoms. The average Bonchev–Trinajstić information content (AvgIpc) is 2.86. The Bertz CT molecular complexity index is 504. The molecule has 2 aromatic heterocycles. The van der Waals surface area contributed by atoms with Gasteiger partial charge in [-0.3, -0.25) is 5.10 Å². The van der Waals surface area contributed by atoms with E-state index in [0.717, 1.165) is 16.3 Å². The summed E-state index contributed by atoms with van der Waals surface area (Å²) in [5.41, 5.74) is 3.77. The van der Waals surface area contributed by atoms with Crippen molar-refractivity contribution in [2.75, 3.05) is 6.61 Å². The molecule has 16 heavy (non-hydrogen) atoms. The maximum absolute atomic E-state index is 11.4. The maximum atomic E-state index is 11.4. The normalized spacial score (nSPS) is 10.4. The number of carbonyl (C=O) groups is 1. The molecule has 0 radical (unpaired) electrons. The van der Waals surface area contributed by atoms with Gasteiger partial charge in [0.25, 0.3) is 0 Å². The fraction of sp³-hybridized carbons (Fsp3) is 0.300. The molecule has 0 aliphatic carbocycles. The molecule has 1 N–H and O–H groups in total. The van der Waals surface area contributed by atoms with Crippen molar-refractivity contribution >= 4 is 17.3 Å². The van der Waals surface area contributed by atoms with Gasteiger partial charge in [0.2, 0.25) is 0 Å². The van der Waals surface area contributed by atoms with Gasteiger partial charge in [0.05, 0.1) is 28.4 Å². The van der Waals surface area contributed by atoms with E-state index < -0.39 is 5.97 Å². The minimum atomic E-state index is -0.410. The summed E-state index contributed by atoms with van der Waals surface area (Å²) in [6.45, 7) is 4.02. The molecular formula is C10H11N3O2S. The molecule has 0 saturated heterocycles. The van der Waals surface area contributed by atoms with Crippen LogP contribution in [0.5, 0.6) is 0 Å². The Balaban J connectivity index is 2.26. The minimum Gasteiger partial charge on any atom is -0.461 e. The Kier molecular flexibility index (Phi) is 3.00. The van der Waals surface area contributed by atoms with E-state index in [9.17, 15) is 4.79 Å². The van der Waals surface area contributed by atoms with Gasteiger partial charge in [-0.2, -0.15) is 5.10 Å². The van der Waals surface area contributed by atoms with E-state index in [2.05, 4.69) is 15.2 Å². The molecule has 6 heteroatoms. The van der Waals surface area contributed by atoms with Crippen molar-refractivity contribution in [2.24, 2.45) is 0 Å². The first kappa shape index (κ1) is 10.8. The van der Waals surface area contributed by atoms with Crippen LogP contribution < -0.4 is 0 Å².